The van der Waals surface area contributed by atoms with Crippen LogP contribution in [0.15, 0.2) is 0 Å². The highest BCUT2D eigenvalue weighted by atomic mass is 32.2. The molecule has 2 saturated heterocycles. The molecule has 0 aromatic heterocycles. The van der Waals surface area contributed by atoms with Crippen molar-refractivity contribution in [3.8, 4) is 0 Å². The summed E-state index contributed by atoms with van der Waals surface area (Å²) in [7, 11) is -1.65. The fourth-order valence-electron chi connectivity index (χ4n) is 2.74. The third-order valence-electron chi connectivity index (χ3n) is 3.45. The number of β-lactam (4-membered cyclic amide) rings is 1. The normalized spacial score (nSPS) is 34.1. The summed E-state index contributed by atoms with van der Waals surface area (Å²) in [5, 5.41) is 3.12. The van der Waals surface area contributed by atoms with Crippen LogP contribution in [-0.2, 0) is 14.0 Å². The summed E-state index contributed by atoms with van der Waals surface area (Å²) in [6.07, 6.45) is 0.791. The van der Waals surface area contributed by atoms with Crippen molar-refractivity contribution in [3.63, 3.8) is 0 Å². The summed E-state index contributed by atoms with van der Waals surface area (Å²) < 4.78 is 6.00. The molecule has 18 heavy (non-hydrogen) atoms. The first-order valence-electron chi connectivity index (χ1n) is 6.44. The Morgan fingerprint density at radius 2 is 2.06 bits per heavy atom. The fourth-order valence-corrected chi connectivity index (χ4v) is 5.06. The second-order valence-corrected chi connectivity index (χ2v) is 11.6. The molecule has 2 aliphatic heterocycles. The molecule has 2 rings (SSSR count). The predicted octanol–water partition coefficient (Wildman–Crippen LogP) is 1.62. The van der Waals surface area contributed by atoms with E-state index in [-0.39, 0.29) is 35.0 Å². The van der Waals surface area contributed by atoms with Crippen LogP contribution >= 0.6 is 11.8 Å². The van der Waals surface area contributed by atoms with Crippen molar-refractivity contribution in [3.05, 3.63) is 0 Å². The van der Waals surface area contributed by atoms with E-state index in [0.29, 0.717) is 0 Å². The molecule has 2 fully saturated rings. The van der Waals surface area contributed by atoms with Gasteiger partial charge in [0, 0.05) is 5.75 Å². The van der Waals surface area contributed by atoms with Gasteiger partial charge in [-0.25, -0.2) is 0 Å². The zero-order chi connectivity index (χ0) is 13.5. The molecule has 2 aliphatic rings. The van der Waals surface area contributed by atoms with Gasteiger partial charge in [-0.3, -0.25) is 9.59 Å². The third-order valence-corrected chi connectivity index (χ3v) is 5.56. The van der Waals surface area contributed by atoms with Gasteiger partial charge in [-0.2, -0.15) is 0 Å². The molecule has 102 valence electrons. The van der Waals surface area contributed by atoms with Crippen molar-refractivity contribution in [1.29, 1.82) is 0 Å². The molecule has 0 unspecified atom stereocenters. The molecule has 0 saturated carbocycles. The van der Waals surface area contributed by atoms with E-state index < -0.39 is 8.32 Å². The average Bonchev–Trinajstić information content (AvgIpc) is 2.57. The zero-order valence-corrected chi connectivity index (χ0v) is 13.2. The van der Waals surface area contributed by atoms with Crippen LogP contribution < -0.4 is 5.32 Å². The average molecular weight is 287 g/mol. The molecule has 4 nitrogen and oxygen atoms in total. The SMILES string of the molecule is C[C@@H](O[Si](C)(C)C)[C@H]1C(=O)N[C@@H]1[C@H]1CCSC1=O. The maximum Gasteiger partial charge on any atom is 0.228 e. The second kappa shape index (κ2) is 4.98. The van der Waals surface area contributed by atoms with Crippen LogP contribution in [0.5, 0.6) is 0 Å². The highest BCUT2D eigenvalue weighted by molar-refractivity contribution is 8.14. The molecule has 4 atom stereocenters. The number of thioether (sulfide) groups is 1. The summed E-state index contributed by atoms with van der Waals surface area (Å²) in [6.45, 7) is 8.31. The number of hydrogen-bond donors (Lipinski definition) is 1. The highest BCUT2D eigenvalue weighted by Gasteiger charge is 2.50. The van der Waals surface area contributed by atoms with E-state index >= 15 is 0 Å². The third kappa shape index (κ3) is 2.80. The van der Waals surface area contributed by atoms with Crippen LogP contribution in [0.4, 0.5) is 0 Å². The van der Waals surface area contributed by atoms with Gasteiger partial charge in [0.15, 0.2) is 13.4 Å². The number of nitrogens with one attached hydrogen (secondary N) is 1. The van der Waals surface area contributed by atoms with Crippen LogP contribution in [0, 0.1) is 11.8 Å². The minimum absolute atomic E-state index is 0.00801. The lowest BCUT2D eigenvalue weighted by atomic mass is 9.78. The maximum atomic E-state index is 11.7. The van der Waals surface area contributed by atoms with Crippen LogP contribution in [0.2, 0.25) is 19.6 Å². The van der Waals surface area contributed by atoms with E-state index in [1.807, 2.05) is 6.92 Å². The number of rotatable bonds is 4. The van der Waals surface area contributed by atoms with Crippen molar-refractivity contribution < 1.29 is 14.0 Å². The first-order valence-corrected chi connectivity index (χ1v) is 10.8. The van der Waals surface area contributed by atoms with Crippen LogP contribution in [-0.4, -0.2) is 37.2 Å². The smallest absolute Gasteiger partial charge is 0.228 e. The first kappa shape index (κ1) is 14.1. The predicted molar refractivity (Wildman–Crippen MR) is 74.9 cm³/mol. The molecule has 6 heteroatoms. The number of amides is 1. The summed E-state index contributed by atoms with van der Waals surface area (Å²) in [5.41, 5.74) is 0. The summed E-state index contributed by atoms with van der Waals surface area (Å²) >= 11 is 1.39. The molecule has 0 radical (unpaired) electrons. The lowest BCUT2D eigenvalue weighted by Gasteiger charge is -2.44. The van der Waals surface area contributed by atoms with E-state index in [9.17, 15) is 9.59 Å². The summed E-state index contributed by atoms with van der Waals surface area (Å²) in [6, 6.07) is -0.00801. The van der Waals surface area contributed by atoms with E-state index in [4.69, 9.17) is 4.43 Å². The molecule has 0 aromatic rings. The van der Waals surface area contributed by atoms with Gasteiger partial charge >= 0.3 is 0 Å². The largest absolute Gasteiger partial charge is 0.414 e. The number of hydrogen-bond acceptors (Lipinski definition) is 4. The van der Waals surface area contributed by atoms with Gasteiger partial charge in [0.1, 0.15) is 0 Å². The van der Waals surface area contributed by atoms with E-state index in [2.05, 4.69) is 25.0 Å². The van der Waals surface area contributed by atoms with Gasteiger partial charge in [0.05, 0.1) is 24.0 Å². The van der Waals surface area contributed by atoms with Crippen LogP contribution in [0.25, 0.3) is 0 Å². The minimum Gasteiger partial charge on any atom is -0.414 e. The Hall–Kier alpha value is -0.333. The first-order chi connectivity index (χ1) is 8.29. The van der Waals surface area contributed by atoms with Gasteiger partial charge in [-0.15, -0.1) is 0 Å². The fraction of sp³-hybridized carbons (Fsp3) is 0.833. The van der Waals surface area contributed by atoms with Crippen molar-refractivity contribution >= 4 is 31.1 Å². The molecule has 0 aliphatic carbocycles. The van der Waals surface area contributed by atoms with Crippen LogP contribution in [0.1, 0.15) is 13.3 Å². The Morgan fingerprint density at radius 3 is 2.50 bits per heavy atom. The number of carbonyl (C=O) groups is 2. The Kier molecular flexibility index (Phi) is 3.90. The molecule has 1 N–H and O–H groups in total. The van der Waals surface area contributed by atoms with E-state index in [0.717, 1.165) is 12.2 Å². The molecule has 0 bridgehead atoms. The quantitative estimate of drug-likeness (QED) is 0.630. The van der Waals surface area contributed by atoms with Gasteiger partial charge in [-0.05, 0) is 33.0 Å². The molecule has 0 aromatic carbocycles. The maximum absolute atomic E-state index is 11.7. The summed E-state index contributed by atoms with van der Waals surface area (Å²) in [5.74, 6) is 0.761. The Morgan fingerprint density at radius 1 is 1.39 bits per heavy atom. The molecular formula is C12H21NO3SSi. The van der Waals surface area contributed by atoms with Crippen molar-refractivity contribution in [1.82, 2.24) is 5.32 Å². The topological polar surface area (TPSA) is 55.4 Å². The van der Waals surface area contributed by atoms with Crippen molar-refractivity contribution in [2.75, 3.05) is 5.75 Å². The minimum atomic E-state index is -1.65. The molecular weight excluding hydrogens is 266 g/mol. The van der Waals surface area contributed by atoms with Gasteiger partial charge in [0.2, 0.25) is 5.91 Å². The Labute approximate surface area is 113 Å². The van der Waals surface area contributed by atoms with Gasteiger partial charge < -0.3 is 9.74 Å². The van der Waals surface area contributed by atoms with Crippen molar-refractivity contribution in [2.24, 2.45) is 11.8 Å². The summed E-state index contributed by atoms with van der Waals surface area (Å²) in [4.78, 5) is 23.5. The zero-order valence-electron chi connectivity index (χ0n) is 11.4. The van der Waals surface area contributed by atoms with E-state index in [1.165, 1.54) is 11.8 Å². The molecule has 1 amide bonds. The van der Waals surface area contributed by atoms with Crippen LogP contribution in [0.3, 0.4) is 0 Å². The lowest BCUT2D eigenvalue weighted by molar-refractivity contribution is -0.143. The Balaban J connectivity index is 2.02. The Bertz CT molecular complexity index is 369. The molecule has 2 heterocycles. The number of carbonyl (C=O) groups excluding carboxylic acids is 2. The van der Waals surface area contributed by atoms with Gasteiger partial charge in [0.25, 0.3) is 0 Å². The second-order valence-electron chi connectivity index (χ2n) is 6.06. The lowest BCUT2D eigenvalue weighted by Crippen LogP contribution is -2.66. The van der Waals surface area contributed by atoms with Gasteiger partial charge in [-0.1, -0.05) is 11.8 Å². The highest BCUT2D eigenvalue weighted by Crippen LogP contribution is 2.37. The van der Waals surface area contributed by atoms with E-state index in [1.54, 1.807) is 0 Å². The van der Waals surface area contributed by atoms with Crippen molar-refractivity contribution in [2.45, 2.75) is 45.1 Å². The molecule has 0 spiro atoms. The standard InChI is InChI=1S/C12H21NO3SSi/c1-7(16-18(2,3)4)9-10(13-11(9)14)8-5-6-17-12(8)15/h7-10H,5-6H2,1-4H3,(H,13,14)/t7-,8-,9-,10-/m1/s1. The monoisotopic (exact) mass is 287 g/mol.